The van der Waals surface area contributed by atoms with Gasteiger partial charge < -0.3 is 4.74 Å². The predicted octanol–water partition coefficient (Wildman–Crippen LogP) is 1.59. The molecule has 1 rings (SSSR count). The molecule has 0 saturated heterocycles. The molecule has 0 radical (unpaired) electrons. The summed E-state index contributed by atoms with van der Waals surface area (Å²) in [5.74, 6) is -1.32. The number of carbonyl (C=O) groups excluding carboxylic acids is 1. The number of rotatable bonds is 3. The molecule has 0 fully saturated rings. The van der Waals surface area contributed by atoms with Gasteiger partial charge in [-0.15, -0.1) is 0 Å². The average molecular weight is 257 g/mol. The topological polar surface area (TPSA) is 106 Å². The van der Waals surface area contributed by atoms with Gasteiger partial charge in [0.2, 0.25) is 5.69 Å². The zero-order chi connectivity index (χ0) is 13.9. The smallest absolute Gasteiger partial charge is 0.345 e. The molecule has 0 unspecified atom stereocenters. The number of nitro groups is 1. The Morgan fingerprint density at radius 1 is 1.67 bits per heavy atom. The molecule has 1 heterocycles. The first-order valence-corrected chi connectivity index (χ1v) is 4.37. The first kappa shape index (κ1) is 13.4. The van der Waals surface area contributed by atoms with Crippen molar-refractivity contribution in [2.45, 2.75) is 6.43 Å². The largest absolute Gasteiger partial charge is 0.465 e. The summed E-state index contributed by atoms with van der Waals surface area (Å²) in [6.45, 7) is 0. The fourth-order valence-electron chi connectivity index (χ4n) is 1.26. The van der Waals surface area contributed by atoms with Crippen LogP contribution >= 0.6 is 0 Å². The van der Waals surface area contributed by atoms with Crippen LogP contribution in [0.2, 0.25) is 0 Å². The lowest BCUT2D eigenvalue weighted by Crippen LogP contribution is -2.12. The Kier molecular flexibility index (Phi) is 3.83. The van der Waals surface area contributed by atoms with E-state index in [2.05, 4.69) is 9.72 Å². The zero-order valence-corrected chi connectivity index (χ0v) is 8.89. The van der Waals surface area contributed by atoms with Crippen LogP contribution in [0, 0.1) is 21.4 Å². The lowest BCUT2D eigenvalue weighted by molar-refractivity contribution is -0.385. The first-order valence-electron chi connectivity index (χ1n) is 4.37. The molecule has 0 N–H and O–H groups in total. The van der Waals surface area contributed by atoms with Crippen molar-refractivity contribution in [1.29, 1.82) is 5.26 Å². The van der Waals surface area contributed by atoms with Crippen LogP contribution in [0.3, 0.4) is 0 Å². The van der Waals surface area contributed by atoms with E-state index in [1.165, 1.54) is 6.07 Å². The maximum Gasteiger partial charge on any atom is 0.345 e. The highest BCUT2D eigenvalue weighted by Gasteiger charge is 2.33. The van der Waals surface area contributed by atoms with Crippen LogP contribution in [0.4, 0.5) is 14.5 Å². The Labute approximate surface area is 98.8 Å². The van der Waals surface area contributed by atoms with E-state index in [-0.39, 0.29) is 0 Å². The van der Waals surface area contributed by atoms with Crippen molar-refractivity contribution in [3.63, 3.8) is 0 Å². The number of aromatic nitrogens is 1. The number of hydrogen-bond acceptors (Lipinski definition) is 6. The second-order valence-electron chi connectivity index (χ2n) is 2.95. The molecule has 9 heteroatoms. The van der Waals surface area contributed by atoms with Crippen LogP contribution < -0.4 is 0 Å². The number of pyridine rings is 1. The number of nitrogens with zero attached hydrogens (tertiary/aromatic N) is 3. The standard InChI is InChI=1S/C9H5F2N3O4/c1-18-9(15)6-4(8(10)11)3-13-5(2-12)7(6)14(16)17/h3,8H,1H3. The van der Waals surface area contributed by atoms with Gasteiger partial charge in [0.1, 0.15) is 6.07 Å². The minimum atomic E-state index is -3.15. The summed E-state index contributed by atoms with van der Waals surface area (Å²) in [6, 6.07) is 1.36. The minimum absolute atomic E-state index is 0.544. The van der Waals surface area contributed by atoms with Crippen molar-refractivity contribution >= 4 is 11.7 Å². The van der Waals surface area contributed by atoms with Crippen LogP contribution in [0.25, 0.3) is 0 Å². The SMILES string of the molecule is COC(=O)c1c(C(F)F)cnc(C#N)c1[N+](=O)[O-]. The number of esters is 1. The van der Waals surface area contributed by atoms with E-state index in [1.54, 1.807) is 0 Å². The van der Waals surface area contributed by atoms with Gasteiger partial charge in [-0.2, -0.15) is 5.26 Å². The zero-order valence-electron chi connectivity index (χ0n) is 8.89. The number of methoxy groups -OCH3 is 1. The summed E-state index contributed by atoms with van der Waals surface area (Å²) in [5, 5.41) is 19.4. The Morgan fingerprint density at radius 3 is 2.67 bits per heavy atom. The molecular weight excluding hydrogens is 252 g/mol. The normalized spacial score (nSPS) is 9.94. The van der Waals surface area contributed by atoms with Gasteiger partial charge >= 0.3 is 11.7 Å². The fraction of sp³-hybridized carbons (Fsp3) is 0.222. The second kappa shape index (κ2) is 5.13. The van der Waals surface area contributed by atoms with Gasteiger partial charge in [-0.1, -0.05) is 0 Å². The maximum atomic E-state index is 12.7. The number of alkyl halides is 2. The number of hydrogen-bond donors (Lipinski definition) is 0. The van der Waals surface area contributed by atoms with Crippen molar-refractivity contribution in [2.75, 3.05) is 7.11 Å². The Hall–Kier alpha value is -2.63. The summed E-state index contributed by atoms with van der Waals surface area (Å²) in [6.07, 6.45) is -2.61. The van der Waals surface area contributed by atoms with Crippen molar-refractivity contribution in [1.82, 2.24) is 4.98 Å². The van der Waals surface area contributed by atoms with Gasteiger partial charge in [-0.3, -0.25) is 10.1 Å². The van der Waals surface area contributed by atoms with Gasteiger partial charge in [-0.25, -0.2) is 18.6 Å². The molecule has 0 saturated carbocycles. The monoisotopic (exact) mass is 257 g/mol. The predicted molar refractivity (Wildman–Crippen MR) is 51.9 cm³/mol. The molecule has 1 aromatic heterocycles. The first-order chi connectivity index (χ1) is 8.43. The highest BCUT2D eigenvalue weighted by molar-refractivity contribution is 5.96. The van der Waals surface area contributed by atoms with E-state index in [0.29, 0.717) is 6.20 Å². The molecule has 0 aliphatic rings. The second-order valence-corrected chi connectivity index (χ2v) is 2.95. The van der Waals surface area contributed by atoms with Gasteiger partial charge in [0.25, 0.3) is 6.43 Å². The van der Waals surface area contributed by atoms with Crippen LogP contribution in [-0.2, 0) is 4.74 Å². The summed E-state index contributed by atoms with van der Waals surface area (Å²) in [5.41, 5.74) is -3.72. The van der Waals surface area contributed by atoms with E-state index >= 15 is 0 Å². The highest BCUT2D eigenvalue weighted by atomic mass is 19.3. The molecule has 1 aromatic rings. The summed E-state index contributed by atoms with van der Waals surface area (Å²) >= 11 is 0. The molecular formula is C9H5F2N3O4. The van der Waals surface area contributed by atoms with E-state index in [1.807, 2.05) is 0 Å². The van der Waals surface area contributed by atoms with Gasteiger partial charge in [0.15, 0.2) is 5.56 Å². The lowest BCUT2D eigenvalue weighted by atomic mass is 10.1. The summed E-state index contributed by atoms with van der Waals surface area (Å²) in [4.78, 5) is 24.2. The molecule has 7 nitrogen and oxygen atoms in total. The van der Waals surface area contributed by atoms with Gasteiger partial charge in [0, 0.05) is 6.20 Å². The number of halogens is 2. The molecule has 0 spiro atoms. The highest BCUT2D eigenvalue weighted by Crippen LogP contribution is 2.31. The van der Waals surface area contributed by atoms with Crippen molar-refractivity contribution in [3.05, 3.63) is 33.1 Å². The summed E-state index contributed by atoms with van der Waals surface area (Å²) in [7, 11) is 0.883. The average Bonchev–Trinajstić information content (AvgIpc) is 2.35. The van der Waals surface area contributed by atoms with E-state index < -0.39 is 39.8 Å². The van der Waals surface area contributed by atoms with Crippen molar-refractivity contribution < 1.29 is 23.2 Å². The Bertz CT molecular complexity index is 553. The van der Waals surface area contributed by atoms with Crippen molar-refractivity contribution in [2.24, 2.45) is 0 Å². The molecule has 0 amide bonds. The van der Waals surface area contributed by atoms with Crippen LogP contribution in [0.1, 0.15) is 28.0 Å². The van der Waals surface area contributed by atoms with Crippen molar-refractivity contribution in [3.8, 4) is 6.07 Å². The van der Waals surface area contributed by atoms with Crippen LogP contribution in [-0.4, -0.2) is 23.0 Å². The third-order valence-corrected chi connectivity index (χ3v) is 2.00. The Morgan fingerprint density at radius 2 is 2.28 bits per heavy atom. The molecule has 0 bridgehead atoms. The molecule has 94 valence electrons. The van der Waals surface area contributed by atoms with Gasteiger partial charge in [-0.05, 0) is 0 Å². The van der Waals surface area contributed by atoms with E-state index in [4.69, 9.17) is 5.26 Å². The van der Waals surface area contributed by atoms with E-state index in [9.17, 15) is 23.7 Å². The lowest BCUT2D eigenvalue weighted by Gasteiger charge is -2.07. The van der Waals surface area contributed by atoms with Crippen LogP contribution in [0.5, 0.6) is 0 Å². The van der Waals surface area contributed by atoms with Crippen LogP contribution in [0.15, 0.2) is 6.20 Å². The maximum absolute atomic E-state index is 12.7. The molecule has 0 atom stereocenters. The third-order valence-electron chi connectivity index (χ3n) is 2.00. The quantitative estimate of drug-likeness (QED) is 0.462. The molecule has 18 heavy (non-hydrogen) atoms. The van der Waals surface area contributed by atoms with E-state index in [0.717, 1.165) is 7.11 Å². The third kappa shape index (κ3) is 2.22. The molecule has 0 aliphatic heterocycles. The number of ether oxygens (including phenoxy) is 1. The minimum Gasteiger partial charge on any atom is -0.465 e. The fourth-order valence-corrected chi connectivity index (χ4v) is 1.26. The van der Waals surface area contributed by atoms with Gasteiger partial charge in [0.05, 0.1) is 17.6 Å². The molecule has 0 aliphatic carbocycles. The summed E-state index contributed by atoms with van der Waals surface area (Å²) < 4.78 is 29.5. The Balaban J connectivity index is 3.72. The number of nitriles is 1. The number of carbonyl (C=O) groups is 1. The molecule has 0 aromatic carbocycles.